The highest BCUT2D eigenvalue weighted by Gasteiger charge is 2.17. The molecule has 0 amide bonds. The van der Waals surface area contributed by atoms with Crippen molar-refractivity contribution in [1.29, 1.82) is 0 Å². The van der Waals surface area contributed by atoms with Crippen molar-refractivity contribution in [3.63, 3.8) is 0 Å². The lowest BCUT2D eigenvalue weighted by Gasteiger charge is -2.15. The SMILES string of the molecule is Cc1cccc(CS(=O)(=O)N[C@@H](C)c2ccc(S(C)(=O)=O)cc2)c1. The number of sulfonamides is 1. The highest BCUT2D eigenvalue weighted by atomic mass is 32.2. The molecule has 1 atom stereocenters. The van der Waals surface area contributed by atoms with E-state index < -0.39 is 25.9 Å². The molecule has 0 aliphatic rings. The lowest BCUT2D eigenvalue weighted by Crippen LogP contribution is -2.28. The maximum absolute atomic E-state index is 12.3. The first kappa shape index (κ1) is 18.6. The third kappa shape index (κ3) is 5.15. The van der Waals surface area contributed by atoms with E-state index >= 15 is 0 Å². The number of nitrogens with one attached hydrogen (secondary N) is 1. The maximum Gasteiger partial charge on any atom is 0.216 e. The molecule has 0 fully saturated rings. The number of rotatable bonds is 6. The van der Waals surface area contributed by atoms with Crippen LogP contribution in [0.4, 0.5) is 0 Å². The molecule has 0 radical (unpaired) electrons. The van der Waals surface area contributed by atoms with E-state index in [1.807, 2.05) is 25.1 Å². The molecule has 5 nitrogen and oxygen atoms in total. The molecule has 0 heterocycles. The Balaban J connectivity index is 2.11. The highest BCUT2D eigenvalue weighted by molar-refractivity contribution is 7.90. The first-order valence-electron chi connectivity index (χ1n) is 7.42. The maximum atomic E-state index is 12.3. The van der Waals surface area contributed by atoms with E-state index in [2.05, 4.69) is 4.72 Å². The van der Waals surface area contributed by atoms with Crippen LogP contribution in [-0.2, 0) is 25.6 Å². The monoisotopic (exact) mass is 367 g/mol. The van der Waals surface area contributed by atoms with Crippen LogP contribution in [0.15, 0.2) is 53.4 Å². The lowest BCUT2D eigenvalue weighted by atomic mass is 10.1. The summed E-state index contributed by atoms with van der Waals surface area (Å²) >= 11 is 0. The van der Waals surface area contributed by atoms with Gasteiger partial charge in [-0.1, -0.05) is 42.0 Å². The first-order chi connectivity index (χ1) is 11.1. The zero-order valence-corrected chi connectivity index (χ0v) is 15.5. The van der Waals surface area contributed by atoms with E-state index in [0.29, 0.717) is 5.56 Å². The van der Waals surface area contributed by atoms with Crippen LogP contribution in [-0.4, -0.2) is 23.1 Å². The summed E-state index contributed by atoms with van der Waals surface area (Å²) in [6.45, 7) is 3.64. The Kier molecular flexibility index (Phi) is 5.47. The van der Waals surface area contributed by atoms with Crippen molar-refractivity contribution in [3.05, 3.63) is 65.2 Å². The van der Waals surface area contributed by atoms with Gasteiger partial charge < -0.3 is 0 Å². The molecule has 2 rings (SSSR count). The Hall–Kier alpha value is -1.70. The summed E-state index contributed by atoms with van der Waals surface area (Å²) in [7, 11) is -6.77. The molecule has 2 aromatic rings. The molecule has 2 aromatic carbocycles. The number of benzene rings is 2. The van der Waals surface area contributed by atoms with Crippen LogP contribution in [0.2, 0.25) is 0 Å². The van der Waals surface area contributed by atoms with Gasteiger partial charge in [0.15, 0.2) is 9.84 Å². The minimum Gasteiger partial charge on any atom is -0.224 e. The van der Waals surface area contributed by atoms with E-state index in [-0.39, 0.29) is 10.6 Å². The standard InChI is InChI=1S/C17H21NO4S2/c1-13-5-4-6-15(11-13)12-24(21,22)18-14(2)16-7-9-17(10-8-16)23(3,19)20/h4-11,14,18H,12H2,1-3H3/t14-/m0/s1. The van der Waals surface area contributed by atoms with Crippen LogP contribution in [0, 0.1) is 6.92 Å². The fourth-order valence-electron chi connectivity index (χ4n) is 2.40. The van der Waals surface area contributed by atoms with Gasteiger partial charge in [0, 0.05) is 12.3 Å². The first-order valence-corrected chi connectivity index (χ1v) is 11.0. The molecule has 0 saturated carbocycles. The molecule has 0 spiro atoms. The van der Waals surface area contributed by atoms with Crippen molar-refractivity contribution in [1.82, 2.24) is 4.72 Å². The topological polar surface area (TPSA) is 80.3 Å². The van der Waals surface area contributed by atoms with Gasteiger partial charge in [-0.15, -0.1) is 0 Å². The summed E-state index contributed by atoms with van der Waals surface area (Å²) in [5.41, 5.74) is 2.43. The summed E-state index contributed by atoms with van der Waals surface area (Å²) < 4.78 is 50.2. The Morgan fingerprint density at radius 2 is 1.62 bits per heavy atom. The van der Waals surface area contributed by atoms with Crippen LogP contribution in [0.5, 0.6) is 0 Å². The van der Waals surface area contributed by atoms with Gasteiger partial charge in [0.2, 0.25) is 10.0 Å². The van der Waals surface area contributed by atoms with Gasteiger partial charge in [0.05, 0.1) is 10.6 Å². The molecule has 0 aliphatic heterocycles. The summed E-state index contributed by atoms with van der Waals surface area (Å²) in [5, 5.41) is 0. The third-order valence-electron chi connectivity index (χ3n) is 3.60. The summed E-state index contributed by atoms with van der Waals surface area (Å²) in [4.78, 5) is 0.209. The van der Waals surface area contributed by atoms with Gasteiger partial charge in [-0.05, 0) is 37.1 Å². The molecule has 130 valence electrons. The van der Waals surface area contributed by atoms with Crippen molar-refractivity contribution >= 4 is 19.9 Å². The number of hydrogen-bond donors (Lipinski definition) is 1. The number of aryl methyl sites for hydroxylation is 1. The zero-order valence-electron chi connectivity index (χ0n) is 13.9. The van der Waals surface area contributed by atoms with E-state index in [1.165, 1.54) is 12.1 Å². The molecular formula is C17H21NO4S2. The molecule has 0 saturated heterocycles. The van der Waals surface area contributed by atoms with Crippen LogP contribution >= 0.6 is 0 Å². The van der Waals surface area contributed by atoms with E-state index in [4.69, 9.17) is 0 Å². The van der Waals surface area contributed by atoms with E-state index in [1.54, 1.807) is 25.1 Å². The Labute approximate surface area is 143 Å². The smallest absolute Gasteiger partial charge is 0.216 e. The summed E-state index contributed by atoms with van der Waals surface area (Å²) in [5.74, 6) is -0.0968. The van der Waals surface area contributed by atoms with Crippen molar-refractivity contribution in [2.45, 2.75) is 30.5 Å². The van der Waals surface area contributed by atoms with E-state index in [0.717, 1.165) is 17.4 Å². The predicted octanol–water partition coefficient (Wildman–Crippen LogP) is 2.58. The normalized spacial score (nSPS) is 13.6. The van der Waals surface area contributed by atoms with Crippen molar-refractivity contribution < 1.29 is 16.8 Å². The molecular weight excluding hydrogens is 346 g/mol. The summed E-state index contributed by atoms with van der Waals surface area (Å²) in [6.07, 6.45) is 1.13. The molecule has 24 heavy (non-hydrogen) atoms. The van der Waals surface area contributed by atoms with Crippen LogP contribution < -0.4 is 4.72 Å². The van der Waals surface area contributed by atoms with Crippen LogP contribution in [0.25, 0.3) is 0 Å². The third-order valence-corrected chi connectivity index (χ3v) is 6.16. The zero-order chi connectivity index (χ0) is 18.0. The molecule has 0 bridgehead atoms. The van der Waals surface area contributed by atoms with Crippen molar-refractivity contribution in [3.8, 4) is 0 Å². The number of sulfone groups is 1. The van der Waals surface area contributed by atoms with E-state index in [9.17, 15) is 16.8 Å². The highest BCUT2D eigenvalue weighted by Crippen LogP contribution is 2.18. The Morgan fingerprint density at radius 1 is 1.00 bits per heavy atom. The minimum absolute atomic E-state index is 0.0968. The molecule has 0 aromatic heterocycles. The van der Waals surface area contributed by atoms with Gasteiger partial charge in [-0.25, -0.2) is 21.6 Å². The van der Waals surface area contributed by atoms with Gasteiger partial charge in [-0.3, -0.25) is 0 Å². The van der Waals surface area contributed by atoms with Crippen LogP contribution in [0.1, 0.15) is 29.7 Å². The van der Waals surface area contributed by atoms with Gasteiger partial charge in [-0.2, -0.15) is 0 Å². The van der Waals surface area contributed by atoms with Crippen LogP contribution in [0.3, 0.4) is 0 Å². The summed E-state index contributed by atoms with van der Waals surface area (Å²) in [6, 6.07) is 13.1. The second-order valence-corrected chi connectivity index (χ2v) is 9.70. The molecule has 7 heteroatoms. The second-order valence-electron chi connectivity index (χ2n) is 5.93. The lowest BCUT2D eigenvalue weighted by molar-refractivity contribution is 0.565. The quantitative estimate of drug-likeness (QED) is 0.851. The Morgan fingerprint density at radius 3 is 2.17 bits per heavy atom. The average molecular weight is 367 g/mol. The molecule has 0 unspecified atom stereocenters. The van der Waals surface area contributed by atoms with Gasteiger partial charge in [0.25, 0.3) is 0 Å². The van der Waals surface area contributed by atoms with Crippen molar-refractivity contribution in [2.75, 3.05) is 6.26 Å². The fraction of sp³-hybridized carbons (Fsp3) is 0.294. The number of hydrogen-bond acceptors (Lipinski definition) is 4. The van der Waals surface area contributed by atoms with Crippen molar-refractivity contribution in [2.24, 2.45) is 0 Å². The second kappa shape index (κ2) is 7.04. The average Bonchev–Trinajstić information content (AvgIpc) is 2.45. The predicted molar refractivity (Wildman–Crippen MR) is 94.9 cm³/mol. The Bertz CT molecular complexity index is 917. The molecule has 1 N–H and O–H groups in total. The minimum atomic E-state index is -3.51. The largest absolute Gasteiger partial charge is 0.224 e. The fourth-order valence-corrected chi connectivity index (χ4v) is 4.41. The van der Waals surface area contributed by atoms with Gasteiger partial charge >= 0.3 is 0 Å². The molecule has 0 aliphatic carbocycles. The van der Waals surface area contributed by atoms with Gasteiger partial charge in [0.1, 0.15) is 0 Å².